The van der Waals surface area contributed by atoms with Crippen molar-refractivity contribution in [3.8, 4) is 0 Å². The average Bonchev–Trinajstić information content (AvgIpc) is 2.50. The van der Waals surface area contributed by atoms with Crippen LogP contribution in [0.3, 0.4) is 0 Å². The zero-order chi connectivity index (χ0) is 14.5. The monoisotopic (exact) mass is 271 g/mol. The van der Waals surface area contributed by atoms with Gasteiger partial charge in [-0.1, -0.05) is 0 Å². The average molecular weight is 271 g/mol. The van der Waals surface area contributed by atoms with Crippen molar-refractivity contribution in [1.82, 2.24) is 4.90 Å². The van der Waals surface area contributed by atoms with Crippen molar-refractivity contribution in [2.24, 2.45) is 10.8 Å². The molecule has 2 heterocycles. The van der Waals surface area contributed by atoms with Gasteiger partial charge in [-0.25, -0.2) is 4.79 Å². The van der Waals surface area contributed by atoms with Crippen molar-refractivity contribution in [2.45, 2.75) is 33.3 Å². The Hall–Kier alpha value is -1.30. The number of likely N-dealkylation sites (tertiary alicyclic amines) is 1. The standard InChI is InChI=1S/C13H21NO5/c1-11(2,3)19-10(17)14-5-12(4,9(15)16)13(6-14)7-18-8-13/h5-8H2,1-4H3,(H,15,16)/t12-/m0/s1. The van der Waals surface area contributed by atoms with E-state index in [1.165, 1.54) is 4.90 Å². The van der Waals surface area contributed by atoms with E-state index in [1.807, 2.05) is 0 Å². The molecule has 0 bridgehead atoms. The summed E-state index contributed by atoms with van der Waals surface area (Å²) < 4.78 is 10.5. The fraction of sp³-hybridized carbons (Fsp3) is 0.846. The molecule has 1 atom stereocenters. The zero-order valence-corrected chi connectivity index (χ0v) is 11.9. The van der Waals surface area contributed by atoms with E-state index in [0.717, 1.165) is 0 Å². The quantitative estimate of drug-likeness (QED) is 0.779. The third-order valence-electron chi connectivity index (χ3n) is 4.05. The topological polar surface area (TPSA) is 76.1 Å². The van der Waals surface area contributed by atoms with Crippen molar-refractivity contribution in [3.05, 3.63) is 0 Å². The van der Waals surface area contributed by atoms with Gasteiger partial charge in [0.1, 0.15) is 5.60 Å². The lowest BCUT2D eigenvalue weighted by Gasteiger charge is -2.45. The summed E-state index contributed by atoms with van der Waals surface area (Å²) in [6, 6.07) is 0. The molecule has 6 nitrogen and oxygen atoms in total. The second-order valence-corrected chi connectivity index (χ2v) is 6.75. The maximum absolute atomic E-state index is 12.1. The zero-order valence-electron chi connectivity index (χ0n) is 11.9. The summed E-state index contributed by atoms with van der Waals surface area (Å²) in [7, 11) is 0. The Morgan fingerprint density at radius 1 is 1.26 bits per heavy atom. The van der Waals surface area contributed by atoms with Crippen molar-refractivity contribution in [3.63, 3.8) is 0 Å². The summed E-state index contributed by atoms with van der Waals surface area (Å²) in [6.45, 7) is 8.37. The lowest BCUT2D eigenvalue weighted by atomic mass is 9.65. The van der Waals surface area contributed by atoms with Crippen molar-refractivity contribution in [1.29, 1.82) is 0 Å². The van der Waals surface area contributed by atoms with Crippen LogP contribution in [0.15, 0.2) is 0 Å². The number of carbonyl (C=O) groups excluding carboxylic acids is 1. The third kappa shape index (κ3) is 2.18. The lowest BCUT2D eigenvalue weighted by molar-refractivity contribution is -0.184. The highest BCUT2D eigenvalue weighted by Crippen LogP contribution is 2.51. The lowest BCUT2D eigenvalue weighted by Crippen LogP contribution is -2.57. The van der Waals surface area contributed by atoms with Crippen LogP contribution < -0.4 is 0 Å². The number of hydrogen-bond acceptors (Lipinski definition) is 4. The maximum Gasteiger partial charge on any atom is 0.410 e. The van der Waals surface area contributed by atoms with Crippen LogP contribution in [0.4, 0.5) is 4.79 Å². The van der Waals surface area contributed by atoms with Gasteiger partial charge < -0.3 is 19.5 Å². The number of aliphatic carboxylic acids is 1. The normalized spacial score (nSPS) is 29.2. The minimum absolute atomic E-state index is 0.167. The number of hydrogen-bond donors (Lipinski definition) is 1. The van der Waals surface area contributed by atoms with E-state index < -0.39 is 28.5 Å². The Balaban J connectivity index is 2.16. The fourth-order valence-electron chi connectivity index (χ4n) is 2.65. The first-order chi connectivity index (χ1) is 8.60. The second kappa shape index (κ2) is 4.10. The van der Waals surface area contributed by atoms with E-state index in [0.29, 0.717) is 19.8 Å². The van der Waals surface area contributed by atoms with Crippen LogP contribution >= 0.6 is 0 Å². The number of rotatable bonds is 1. The van der Waals surface area contributed by atoms with Crippen LogP contribution in [0.5, 0.6) is 0 Å². The third-order valence-corrected chi connectivity index (χ3v) is 4.05. The van der Waals surface area contributed by atoms with Gasteiger partial charge in [0.2, 0.25) is 0 Å². The number of amides is 1. The predicted octanol–water partition coefficient (Wildman–Crippen LogP) is 1.34. The summed E-state index contributed by atoms with van der Waals surface area (Å²) in [6.07, 6.45) is -0.455. The first kappa shape index (κ1) is 14.1. The van der Waals surface area contributed by atoms with E-state index in [-0.39, 0.29) is 6.54 Å². The summed E-state index contributed by atoms with van der Waals surface area (Å²) in [5, 5.41) is 9.47. The Kier molecular flexibility index (Phi) is 3.04. The number of carbonyl (C=O) groups is 2. The molecule has 0 aromatic carbocycles. The molecule has 108 valence electrons. The van der Waals surface area contributed by atoms with Crippen LogP contribution in [0, 0.1) is 10.8 Å². The molecule has 0 unspecified atom stereocenters. The van der Waals surface area contributed by atoms with Gasteiger partial charge in [0.05, 0.1) is 24.0 Å². The summed E-state index contributed by atoms with van der Waals surface area (Å²) in [4.78, 5) is 25.1. The molecule has 6 heteroatoms. The van der Waals surface area contributed by atoms with E-state index in [1.54, 1.807) is 27.7 Å². The second-order valence-electron chi connectivity index (χ2n) is 6.75. The minimum Gasteiger partial charge on any atom is -0.481 e. The molecule has 1 amide bonds. The van der Waals surface area contributed by atoms with Gasteiger partial charge in [-0.2, -0.15) is 0 Å². The number of ether oxygens (including phenoxy) is 2. The number of nitrogens with zero attached hydrogens (tertiary/aromatic N) is 1. The minimum atomic E-state index is -0.970. The summed E-state index contributed by atoms with van der Waals surface area (Å²) in [5.41, 5.74) is -2.03. The van der Waals surface area contributed by atoms with Crippen LogP contribution in [0.2, 0.25) is 0 Å². The molecule has 1 N–H and O–H groups in total. The highest BCUT2D eigenvalue weighted by molar-refractivity contribution is 5.79. The van der Waals surface area contributed by atoms with Gasteiger partial charge in [-0.05, 0) is 27.7 Å². The van der Waals surface area contributed by atoms with Crippen LogP contribution in [0.1, 0.15) is 27.7 Å². The van der Waals surface area contributed by atoms with Crippen molar-refractivity contribution in [2.75, 3.05) is 26.3 Å². The largest absolute Gasteiger partial charge is 0.481 e. The molecule has 0 aliphatic carbocycles. The smallest absolute Gasteiger partial charge is 0.410 e. The number of carboxylic acid groups (broad SMARTS) is 1. The molecule has 1 spiro atoms. The van der Waals surface area contributed by atoms with E-state index >= 15 is 0 Å². The molecular formula is C13H21NO5. The molecule has 0 radical (unpaired) electrons. The molecule has 2 aliphatic heterocycles. The Morgan fingerprint density at radius 3 is 2.16 bits per heavy atom. The molecule has 0 aromatic heterocycles. The molecule has 2 aliphatic rings. The predicted molar refractivity (Wildman–Crippen MR) is 66.8 cm³/mol. The molecule has 0 aromatic rings. The van der Waals surface area contributed by atoms with Crippen LogP contribution in [-0.2, 0) is 14.3 Å². The fourth-order valence-corrected chi connectivity index (χ4v) is 2.65. The van der Waals surface area contributed by atoms with Crippen LogP contribution in [-0.4, -0.2) is 54.0 Å². The first-order valence-electron chi connectivity index (χ1n) is 6.39. The SMILES string of the molecule is CC(C)(C)OC(=O)N1CC2(COC2)[C@](C)(C(=O)O)C1. The highest BCUT2D eigenvalue weighted by Gasteiger charge is 2.64. The Labute approximate surface area is 112 Å². The van der Waals surface area contributed by atoms with E-state index in [2.05, 4.69) is 0 Å². The Morgan fingerprint density at radius 2 is 1.84 bits per heavy atom. The number of carboxylic acids is 1. The van der Waals surface area contributed by atoms with E-state index in [9.17, 15) is 14.7 Å². The van der Waals surface area contributed by atoms with Gasteiger partial charge >= 0.3 is 12.1 Å². The molecule has 2 rings (SSSR count). The van der Waals surface area contributed by atoms with Gasteiger partial charge in [0.15, 0.2) is 0 Å². The van der Waals surface area contributed by atoms with Gasteiger partial charge in [0, 0.05) is 13.1 Å². The van der Waals surface area contributed by atoms with Gasteiger partial charge in [0.25, 0.3) is 0 Å². The summed E-state index contributed by atoms with van der Waals surface area (Å²) >= 11 is 0. The maximum atomic E-state index is 12.1. The van der Waals surface area contributed by atoms with Crippen LogP contribution in [0.25, 0.3) is 0 Å². The summed E-state index contributed by atoms with van der Waals surface area (Å²) in [5.74, 6) is -0.887. The first-order valence-corrected chi connectivity index (χ1v) is 6.39. The van der Waals surface area contributed by atoms with Gasteiger partial charge in [-0.3, -0.25) is 4.79 Å². The highest BCUT2D eigenvalue weighted by atomic mass is 16.6. The van der Waals surface area contributed by atoms with Crippen molar-refractivity contribution >= 4 is 12.1 Å². The molecule has 2 saturated heterocycles. The van der Waals surface area contributed by atoms with Gasteiger partial charge in [-0.15, -0.1) is 0 Å². The van der Waals surface area contributed by atoms with E-state index in [4.69, 9.17) is 9.47 Å². The Bertz CT molecular complexity index is 410. The molecular weight excluding hydrogens is 250 g/mol. The molecule has 2 fully saturated rings. The van der Waals surface area contributed by atoms with Crippen molar-refractivity contribution < 1.29 is 24.2 Å². The molecule has 19 heavy (non-hydrogen) atoms. The molecule has 0 saturated carbocycles.